The van der Waals surface area contributed by atoms with Crippen LogP contribution in [-0.4, -0.2) is 96.7 Å². The number of ether oxygens (including phenoxy) is 4. The van der Waals surface area contributed by atoms with Gasteiger partial charge in [0, 0.05) is 25.7 Å². The molecule has 0 saturated carbocycles. The predicted octanol–water partition coefficient (Wildman–Crippen LogP) is 23.1. The van der Waals surface area contributed by atoms with Crippen LogP contribution in [0.5, 0.6) is 0 Å². The molecule has 0 spiro atoms. The summed E-state index contributed by atoms with van der Waals surface area (Å²) < 4.78 is 68.5. The summed E-state index contributed by atoms with van der Waals surface area (Å²) in [5, 5.41) is 10.6. The van der Waals surface area contributed by atoms with Gasteiger partial charge in [-0.25, -0.2) is 9.13 Å². The van der Waals surface area contributed by atoms with Crippen molar-refractivity contribution >= 4 is 39.5 Å². The average Bonchev–Trinajstić information content (AvgIpc) is 1.30. The van der Waals surface area contributed by atoms with E-state index in [0.717, 1.165) is 96.3 Å². The molecule has 97 heavy (non-hydrogen) atoms. The van der Waals surface area contributed by atoms with Gasteiger partial charge in [-0.05, 0) is 37.5 Å². The molecule has 0 aromatic carbocycles. The fraction of sp³-hybridized carbons (Fsp3) is 0.949. The Balaban J connectivity index is 5.17. The summed E-state index contributed by atoms with van der Waals surface area (Å²) in [6.45, 7) is 9.42. The Morgan fingerprint density at radius 1 is 0.278 bits per heavy atom. The van der Waals surface area contributed by atoms with Crippen LogP contribution in [0, 0.1) is 11.8 Å². The summed E-state index contributed by atoms with van der Waals surface area (Å²) in [4.78, 5) is 72.7. The highest BCUT2D eigenvalue weighted by molar-refractivity contribution is 7.47. The van der Waals surface area contributed by atoms with Gasteiger partial charge in [-0.3, -0.25) is 37.3 Å². The van der Waals surface area contributed by atoms with Gasteiger partial charge in [-0.2, -0.15) is 0 Å². The van der Waals surface area contributed by atoms with Gasteiger partial charge in [0.05, 0.1) is 26.4 Å². The number of hydrogen-bond acceptors (Lipinski definition) is 15. The number of aliphatic hydroxyl groups excluding tert-OH is 1. The first-order valence-corrected chi connectivity index (χ1v) is 43.5. The van der Waals surface area contributed by atoms with Crippen molar-refractivity contribution in [2.24, 2.45) is 11.8 Å². The quantitative estimate of drug-likeness (QED) is 0.0222. The smallest absolute Gasteiger partial charge is 0.462 e. The van der Waals surface area contributed by atoms with E-state index in [-0.39, 0.29) is 25.7 Å². The molecular formula is C78H152O17P2. The monoisotopic (exact) mass is 1420 g/mol. The second kappa shape index (κ2) is 69.8. The molecule has 576 valence electrons. The van der Waals surface area contributed by atoms with Gasteiger partial charge < -0.3 is 33.8 Å². The van der Waals surface area contributed by atoms with Crippen LogP contribution in [0.3, 0.4) is 0 Å². The van der Waals surface area contributed by atoms with Crippen molar-refractivity contribution in [3.63, 3.8) is 0 Å². The molecule has 0 aliphatic rings. The Morgan fingerprint density at radius 2 is 0.474 bits per heavy atom. The molecule has 0 saturated heterocycles. The molecule has 0 aromatic rings. The molecule has 0 rings (SSSR count). The number of aliphatic hydroxyl groups is 1. The molecule has 19 heteroatoms. The van der Waals surface area contributed by atoms with Crippen LogP contribution in [0.2, 0.25) is 0 Å². The second-order valence-corrected chi connectivity index (χ2v) is 32.0. The van der Waals surface area contributed by atoms with E-state index in [2.05, 4.69) is 41.5 Å². The molecule has 5 atom stereocenters. The maximum atomic E-state index is 13.1. The normalized spacial score (nSPS) is 14.0. The molecular weight excluding hydrogens is 1270 g/mol. The summed E-state index contributed by atoms with van der Waals surface area (Å²) >= 11 is 0. The van der Waals surface area contributed by atoms with Gasteiger partial charge in [-0.15, -0.1) is 0 Å². The van der Waals surface area contributed by atoms with Gasteiger partial charge in [-0.1, -0.05) is 356 Å². The molecule has 0 bridgehead atoms. The number of phosphoric ester groups is 2. The molecule has 0 aromatic heterocycles. The van der Waals surface area contributed by atoms with Crippen LogP contribution < -0.4 is 0 Å². The lowest BCUT2D eigenvalue weighted by Crippen LogP contribution is -2.30. The lowest BCUT2D eigenvalue weighted by atomic mass is 10.0. The topological polar surface area (TPSA) is 237 Å². The molecule has 0 fully saturated rings. The standard InChI is InChI=1S/C78H152O17P2/c1-7-9-11-13-15-17-19-21-23-25-27-29-31-33-35-37-39-41-50-56-62-77(82)94-73(66-88-75(80)60-54-48-40-38-36-34-32-30-28-26-24-22-20-18-16-14-12-10-8-2)68-92-96(84,85)90-64-72(79)65-91-97(86,87)93-69-74(95-78(83)63-57-51-45-43-47-53-59-71(5)6)67-89-76(81)61-55-49-44-42-46-52-58-70(3)4/h70-74,79H,7-69H2,1-6H3,(H,84,85)(H,86,87)/t72-,73-,74-/m1/s1. The molecule has 0 aliphatic carbocycles. The molecule has 0 heterocycles. The van der Waals surface area contributed by atoms with E-state index in [4.69, 9.17) is 37.0 Å². The molecule has 0 radical (unpaired) electrons. The first kappa shape index (κ1) is 95.1. The zero-order chi connectivity index (χ0) is 71.4. The highest BCUT2D eigenvalue weighted by Crippen LogP contribution is 2.45. The summed E-state index contributed by atoms with van der Waals surface area (Å²) in [6.07, 6.45) is 58.9. The van der Waals surface area contributed by atoms with Gasteiger partial charge >= 0.3 is 39.5 Å². The molecule has 2 unspecified atom stereocenters. The Bertz CT molecular complexity index is 1870. The number of carbonyl (C=O) groups excluding carboxylic acids is 4. The minimum Gasteiger partial charge on any atom is -0.462 e. The highest BCUT2D eigenvalue weighted by Gasteiger charge is 2.30. The number of esters is 4. The van der Waals surface area contributed by atoms with Crippen molar-refractivity contribution in [1.29, 1.82) is 0 Å². The maximum absolute atomic E-state index is 13.1. The Labute approximate surface area is 594 Å². The number of unbranched alkanes of at least 4 members (excludes halogenated alkanes) is 47. The van der Waals surface area contributed by atoms with Gasteiger partial charge in [0.2, 0.25) is 0 Å². The summed E-state index contributed by atoms with van der Waals surface area (Å²) in [7, 11) is -9.91. The third-order valence-corrected chi connectivity index (χ3v) is 20.1. The van der Waals surface area contributed by atoms with Crippen LogP contribution >= 0.6 is 15.6 Å². The first-order valence-electron chi connectivity index (χ1n) is 40.5. The van der Waals surface area contributed by atoms with E-state index in [1.807, 2.05) is 0 Å². The summed E-state index contributed by atoms with van der Waals surface area (Å²) in [5.41, 5.74) is 0. The highest BCUT2D eigenvalue weighted by atomic mass is 31.2. The predicted molar refractivity (Wildman–Crippen MR) is 395 cm³/mol. The Kier molecular flexibility index (Phi) is 68.4. The largest absolute Gasteiger partial charge is 0.472 e. The van der Waals surface area contributed by atoms with Crippen LogP contribution in [0.15, 0.2) is 0 Å². The van der Waals surface area contributed by atoms with E-state index in [9.17, 15) is 43.2 Å². The van der Waals surface area contributed by atoms with Crippen molar-refractivity contribution in [2.45, 2.75) is 426 Å². The molecule has 3 N–H and O–H groups in total. The number of rotatable bonds is 77. The Hall–Kier alpha value is -1.94. The number of carbonyl (C=O) groups is 4. The molecule has 17 nitrogen and oxygen atoms in total. The van der Waals surface area contributed by atoms with E-state index in [1.54, 1.807) is 0 Å². The lowest BCUT2D eigenvalue weighted by Gasteiger charge is -2.21. The first-order chi connectivity index (χ1) is 46.9. The lowest BCUT2D eigenvalue weighted by molar-refractivity contribution is -0.161. The maximum Gasteiger partial charge on any atom is 0.472 e. The minimum atomic E-state index is -4.96. The fourth-order valence-electron chi connectivity index (χ4n) is 12.0. The van der Waals surface area contributed by atoms with Gasteiger partial charge in [0.15, 0.2) is 12.2 Å². The zero-order valence-electron chi connectivity index (χ0n) is 63.4. The third kappa shape index (κ3) is 72.2. The van der Waals surface area contributed by atoms with Crippen molar-refractivity contribution in [2.75, 3.05) is 39.6 Å². The van der Waals surface area contributed by atoms with E-state index in [1.165, 1.54) is 218 Å². The minimum absolute atomic E-state index is 0.101. The van der Waals surface area contributed by atoms with Crippen LogP contribution in [0.1, 0.15) is 408 Å². The van der Waals surface area contributed by atoms with Gasteiger partial charge in [0.1, 0.15) is 19.3 Å². The number of phosphoric acid groups is 2. The summed E-state index contributed by atoms with van der Waals surface area (Å²) in [5.74, 6) is -0.773. The van der Waals surface area contributed by atoms with Gasteiger partial charge in [0.25, 0.3) is 0 Å². The second-order valence-electron chi connectivity index (χ2n) is 29.1. The third-order valence-electron chi connectivity index (χ3n) is 18.2. The van der Waals surface area contributed by atoms with Crippen molar-refractivity contribution < 1.29 is 80.2 Å². The van der Waals surface area contributed by atoms with E-state index >= 15 is 0 Å². The van der Waals surface area contributed by atoms with Crippen LogP contribution in [-0.2, 0) is 65.4 Å². The van der Waals surface area contributed by atoms with E-state index in [0.29, 0.717) is 37.5 Å². The van der Waals surface area contributed by atoms with Crippen LogP contribution in [0.25, 0.3) is 0 Å². The van der Waals surface area contributed by atoms with E-state index < -0.39 is 97.5 Å². The molecule has 0 aliphatic heterocycles. The Morgan fingerprint density at radius 3 is 0.701 bits per heavy atom. The molecule has 0 amide bonds. The summed E-state index contributed by atoms with van der Waals surface area (Å²) in [6, 6.07) is 0. The fourth-order valence-corrected chi connectivity index (χ4v) is 13.6. The number of hydrogen-bond donors (Lipinski definition) is 3. The SMILES string of the molecule is CCCCCCCCCCCCCCCCCCCCCCC(=O)O[C@H](COC(=O)CCCCCCCCCCCCCCCCCCCCC)COP(=O)(O)OC[C@@H](O)COP(=O)(O)OC[C@@H](COC(=O)CCCCCCCCC(C)C)OC(=O)CCCCCCCCC(C)C. The van der Waals surface area contributed by atoms with Crippen molar-refractivity contribution in [1.82, 2.24) is 0 Å². The van der Waals surface area contributed by atoms with Crippen LogP contribution in [0.4, 0.5) is 0 Å². The zero-order valence-corrected chi connectivity index (χ0v) is 65.2. The van der Waals surface area contributed by atoms with Crippen molar-refractivity contribution in [3.8, 4) is 0 Å². The van der Waals surface area contributed by atoms with Crippen molar-refractivity contribution in [3.05, 3.63) is 0 Å². The average molecular weight is 1420 g/mol.